The molecule has 1 atom stereocenters. The summed E-state index contributed by atoms with van der Waals surface area (Å²) in [6.45, 7) is 6.85. The van der Waals surface area contributed by atoms with Gasteiger partial charge in [-0.1, -0.05) is 19.9 Å². The number of benzene rings is 1. The van der Waals surface area contributed by atoms with Gasteiger partial charge >= 0.3 is 0 Å². The van der Waals surface area contributed by atoms with Crippen molar-refractivity contribution in [3.63, 3.8) is 0 Å². The van der Waals surface area contributed by atoms with Crippen molar-refractivity contribution in [2.75, 3.05) is 18.6 Å². The topological polar surface area (TPSA) is 57.6 Å². The van der Waals surface area contributed by atoms with Crippen LogP contribution in [0.5, 0.6) is 5.75 Å². The monoisotopic (exact) mass is 311 g/mol. The van der Waals surface area contributed by atoms with Crippen molar-refractivity contribution in [1.29, 1.82) is 0 Å². The van der Waals surface area contributed by atoms with E-state index in [9.17, 15) is 13.5 Å². The molecule has 2 rings (SSSR count). The molecule has 0 spiro atoms. The number of hydrogen-bond acceptors (Lipinski definition) is 4. The first kappa shape index (κ1) is 16.3. The van der Waals surface area contributed by atoms with Gasteiger partial charge in [-0.15, -0.1) is 0 Å². The van der Waals surface area contributed by atoms with Crippen LogP contribution in [0.15, 0.2) is 12.1 Å². The fourth-order valence-electron chi connectivity index (χ4n) is 3.03. The van der Waals surface area contributed by atoms with Crippen LogP contribution in [0.3, 0.4) is 0 Å². The minimum Gasteiger partial charge on any atom is -0.508 e. The Morgan fingerprint density at radius 3 is 2.57 bits per heavy atom. The summed E-state index contributed by atoms with van der Waals surface area (Å²) in [6.07, 6.45) is 0.683. The van der Waals surface area contributed by atoms with Gasteiger partial charge < -0.3 is 5.11 Å². The highest BCUT2D eigenvalue weighted by molar-refractivity contribution is 7.91. The van der Waals surface area contributed by atoms with E-state index in [0.29, 0.717) is 24.6 Å². The van der Waals surface area contributed by atoms with Crippen molar-refractivity contribution in [2.45, 2.75) is 45.7 Å². The van der Waals surface area contributed by atoms with E-state index in [1.54, 1.807) is 0 Å². The molecule has 21 heavy (non-hydrogen) atoms. The number of phenolic OH excluding ortho intramolecular Hbond substituents is 1. The summed E-state index contributed by atoms with van der Waals surface area (Å²) in [4.78, 5) is 2.04. The third-order valence-electron chi connectivity index (χ3n) is 4.34. The minimum absolute atomic E-state index is 0.0539. The van der Waals surface area contributed by atoms with Crippen LogP contribution in [0.25, 0.3) is 0 Å². The minimum atomic E-state index is -2.88. The molecule has 1 N–H and O–H groups in total. The maximum Gasteiger partial charge on any atom is 0.151 e. The van der Waals surface area contributed by atoms with Crippen LogP contribution in [0.4, 0.5) is 0 Å². The Balaban J connectivity index is 2.18. The van der Waals surface area contributed by atoms with Crippen LogP contribution in [-0.4, -0.2) is 43.0 Å². The maximum atomic E-state index is 11.6. The number of phenols is 1. The van der Waals surface area contributed by atoms with E-state index in [2.05, 4.69) is 19.9 Å². The first-order valence-electron chi connectivity index (χ1n) is 7.42. The lowest BCUT2D eigenvalue weighted by Crippen LogP contribution is -2.32. The summed E-state index contributed by atoms with van der Waals surface area (Å²) < 4.78 is 23.2. The van der Waals surface area contributed by atoms with Gasteiger partial charge in [-0.3, -0.25) is 4.90 Å². The molecule has 1 aromatic rings. The molecule has 0 saturated carbocycles. The zero-order valence-electron chi connectivity index (χ0n) is 13.3. The Bertz CT molecular complexity index is 623. The summed E-state index contributed by atoms with van der Waals surface area (Å²) in [5, 5.41) is 10.1. The van der Waals surface area contributed by atoms with Gasteiger partial charge in [0.05, 0.1) is 11.5 Å². The highest BCUT2D eigenvalue weighted by Crippen LogP contribution is 2.29. The predicted molar refractivity (Wildman–Crippen MR) is 85.5 cm³/mol. The number of nitrogens with zero attached hydrogens (tertiary/aromatic N) is 1. The van der Waals surface area contributed by atoms with Gasteiger partial charge in [-0.05, 0) is 43.5 Å². The molecule has 0 amide bonds. The van der Waals surface area contributed by atoms with E-state index >= 15 is 0 Å². The number of hydrogen-bond donors (Lipinski definition) is 1. The zero-order chi connectivity index (χ0) is 15.8. The largest absolute Gasteiger partial charge is 0.508 e. The second kappa shape index (κ2) is 5.97. The third-order valence-corrected chi connectivity index (χ3v) is 6.09. The SMILES string of the molecule is Cc1cc(O)c(CN(C)[C@H]2CCS(=O)(=O)C2)cc1C(C)C. The Hall–Kier alpha value is -1.07. The van der Waals surface area contributed by atoms with E-state index in [-0.39, 0.29) is 17.5 Å². The van der Waals surface area contributed by atoms with Crippen LogP contribution >= 0.6 is 0 Å². The summed E-state index contributed by atoms with van der Waals surface area (Å²) in [7, 11) is -0.945. The van der Waals surface area contributed by atoms with Crippen molar-refractivity contribution < 1.29 is 13.5 Å². The molecular weight excluding hydrogens is 286 g/mol. The predicted octanol–water partition coefficient (Wildman–Crippen LogP) is 2.44. The van der Waals surface area contributed by atoms with Crippen molar-refractivity contribution in [3.05, 3.63) is 28.8 Å². The lowest BCUT2D eigenvalue weighted by atomic mass is 9.95. The molecule has 1 fully saturated rings. The fourth-order valence-corrected chi connectivity index (χ4v) is 4.83. The van der Waals surface area contributed by atoms with Crippen molar-refractivity contribution in [3.8, 4) is 5.75 Å². The molecule has 5 heteroatoms. The number of aryl methyl sites for hydroxylation is 1. The summed E-state index contributed by atoms with van der Waals surface area (Å²) in [5.74, 6) is 1.21. The van der Waals surface area contributed by atoms with Gasteiger partial charge in [0.15, 0.2) is 9.84 Å². The third kappa shape index (κ3) is 3.77. The van der Waals surface area contributed by atoms with E-state index in [0.717, 1.165) is 11.1 Å². The molecule has 0 aromatic heterocycles. The molecule has 1 aliphatic heterocycles. The zero-order valence-corrected chi connectivity index (χ0v) is 14.1. The Kier molecular flexibility index (Phi) is 4.63. The van der Waals surface area contributed by atoms with Crippen LogP contribution in [0, 0.1) is 6.92 Å². The second-order valence-corrected chi connectivity index (χ2v) is 8.69. The van der Waals surface area contributed by atoms with Gasteiger partial charge in [0, 0.05) is 18.2 Å². The molecule has 1 heterocycles. The summed E-state index contributed by atoms with van der Waals surface area (Å²) in [6, 6.07) is 3.91. The molecular formula is C16H25NO3S. The molecule has 0 bridgehead atoms. The van der Waals surface area contributed by atoms with E-state index in [1.807, 2.05) is 24.9 Å². The van der Waals surface area contributed by atoms with Crippen LogP contribution in [0.1, 0.15) is 42.9 Å². The average molecular weight is 311 g/mol. The Morgan fingerprint density at radius 2 is 2.05 bits per heavy atom. The van der Waals surface area contributed by atoms with Crippen LogP contribution < -0.4 is 0 Å². The number of aromatic hydroxyl groups is 1. The molecule has 0 aliphatic carbocycles. The molecule has 4 nitrogen and oxygen atoms in total. The van der Waals surface area contributed by atoms with E-state index < -0.39 is 9.84 Å². The summed E-state index contributed by atoms with van der Waals surface area (Å²) >= 11 is 0. The van der Waals surface area contributed by atoms with E-state index in [1.165, 1.54) is 5.56 Å². The van der Waals surface area contributed by atoms with Crippen molar-refractivity contribution in [1.82, 2.24) is 4.90 Å². The average Bonchev–Trinajstić information content (AvgIpc) is 2.72. The van der Waals surface area contributed by atoms with Crippen LogP contribution in [-0.2, 0) is 16.4 Å². The van der Waals surface area contributed by atoms with Crippen molar-refractivity contribution in [2.24, 2.45) is 0 Å². The number of rotatable bonds is 4. The molecule has 1 saturated heterocycles. The van der Waals surface area contributed by atoms with Gasteiger partial charge in [0.2, 0.25) is 0 Å². The molecule has 1 aliphatic rings. The molecule has 0 radical (unpaired) electrons. The van der Waals surface area contributed by atoms with Gasteiger partial charge in [0.25, 0.3) is 0 Å². The molecule has 118 valence electrons. The second-order valence-electron chi connectivity index (χ2n) is 6.46. The number of sulfone groups is 1. The lowest BCUT2D eigenvalue weighted by Gasteiger charge is -2.24. The Labute approximate surface area is 127 Å². The first-order chi connectivity index (χ1) is 9.69. The Morgan fingerprint density at radius 1 is 1.38 bits per heavy atom. The summed E-state index contributed by atoms with van der Waals surface area (Å²) in [5.41, 5.74) is 3.20. The smallest absolute Gasteiger partial charge is 0.151 e. The molecule has 1 aromatic carbocycles. The van der Waals surface area contributed by atoms with Crippen LogP contribution in [0.2, 0.25) is 0 Å². The fraction of sp³-hybridized carbons (Fsp3) is 0.625. The quantitative estimate of drug-likeness (QED) is 0.928. The van der Waals surface area contributed by atoms with Gasteiger partial charge in [-0.25, -0.2) is 8.42 Å². The highest BCUT2D eigenvalue weighted by atomic mass is 32.2. The van der Waals surface area contributed by atoms with E-state index in [4.69, 9.17) is 0 Å². The standard InChI is InChI=1S/C16H25NO3S/c1-11(2)15-8-13(16(18)7-12(15)3)9-17(4)14-5-6-21(19,20)10-14/h7-8,11,14,18H,5-6,9-10H2,1-4H3/t14-/m0/s1. The van der Waals surface area contributed by atoms with Gasteiger partial charge in [0.1, 0.15) is 5.75 Å². The first-order valence-corrected chi connectivity index (χ1v) is 9.25. The normalized spacial score (nSPS) is 21.3. The highest BCUT2D eigenvalue weighted by Gasteiger charge is 2.30. The molecule has 0 unspecified atom stereocenters. The maximum absolute atomic E-state index is 11.6. The lowest BCUT2D eigenvalue weighted by molar-refractivity contribution is 0.250. The van der Waals surface area contributed by atoms with Crippen molar-refractivity contribution >= 4 is 9.84 Å². The van der Waals surface area contributed by atoms with Gasteiger partial charge in [-0.2, -0.15) is 0 Å².